The van der Waals surface area contributed by atoms with Crippen molar-refractivity contribution in [3.8, 4) is 0 Å². The summed E-state index contributed by atoms with van der Waals surface area (Å²) in [5.74, 6) is 0. The Kier molecular flexibility index (Phi) is 6.25. The van der Waals surface area contributed by atoms with Crippen molar-refractivity contribution in [1.29, 1.82) is 0 Å². The van der Waals surface area contributed by atoms with E-state index in [1.807, 2.05) is 28.2 Å². The van der Waals surface area contributed by atoms with Gasteiger partial charge < -0.3 is 15.1 Å². The van der Waals surface area contributed by atoms with Gasteiger partial charge in [-0.3, -0.25) is 0 Å². The lowest BCUT2D eigenvalue weighted by Crippen LogP contribution is -3.06. The molecule has 20 heavy (non-hydrogen) atoms. The van der Waals surface area contributed by atoms with Gasteiger partial charge in [-0.25, -0.2) is 4.58 Å². The summed E-state index contributed by atoms with van der Waals surface area (Å²) in [5, 5.41) is 3.40. The third-order valence-corrected chi connectivity index (χ3v) is 2.66. The maximum atomic E-state index is 3.40. The maximum absolute atomic E-state index is 3.40. The lowest BCUT2D eigenvalue weighted by Gasteiger charge is -2.11. The third kappa shape index (κ3) is 5.89. The Balaban J connectivity index is 2.91. The summed E-state index contributed by atoms with van der Waals surface area (Å²) in [6.45, 7) is 0.920. The van der Waals surface area contributed by atoms with Gasteiger partial charge in [0, 0.05) is 26.0 Å². The summed E-state index contributed by atoms with van der Waals surface area (Å²) < 4.78 is 2.07. The maximum Gasteiger partial charge on any atom is 0.172 e. The molecule has 4 heteroatoms. The third-order valence-electron chi connectivity index (χ3n) is 2.66. The van der Waals surface area contributed by atoms with Crippen molar-refractivity contribution in [1.82, 2.24) is 4.90 Å². The van der Waals surface area contributed by atoms with Gasteiger partial charge in [-0.1, -0.05) is 12.1 Å². The first-order chi connectivity index (χ1) is 9.38. The van der Waals surface area contributed by atoms with Gasteiger partial charge in [0.1, 0.15) is 20.8 Å². The molecule has 0 fully saturated rings. The van der Waals surface area contributed by atoms with E-state index in [-0.39, 0.29) is 0 Å². The van der Waals surface area contributed by atoms with Crippen LogP contribution in [-0.4, -0.2) is 64.6 Å². The van der Waals surface area contributed by atoms with Crippen LogP contribution in [0.25, 0.3) is 5.57 Å². The number of hydrogen-bond acceptors (Lipinski definition) is 2. The quantitative estimate of drug-likeness (QED) is 0.447. The normalized spacial score (nSPS) is 11.4. The summed E-state index contributed by atoms with van der Waals surface area (Å²) in [4.78, 5) is 3.44. The molecule has 0 spiro atoms. The van der Waals surface area contributed by atoms with Crippen LogP contribution in [0.5, 0.6) is 0 Å². The molecule has 0 saturated heterocycles. The second-order valence-corrected chi connectivity index (χ2v) is 5.78. The average molecular weight is 276 g/mol. The van der Waals surface area contributed by atoms with Crippen LogP contribution in [0.2, 0.25) is 0 Å². The molecule has 0 saturated carbocycles. The Morgan fingerprint density at radius 3 is 2.25 bits per heavy atom. The predicted molar refractivity (Wildman–Crippen MR) is 87.6 cm³/mol. The smallest absolute Gasteiger partial charge is 0.172 e. The molecule has 0 heterocycles. The Morgan fingerprint density at radius 1 is 1.20 bits per heavy atom. The van der Waals surface area contributed by atoms with Crippen LogP contribution in [-0.2, 0) is 0 Å². The van der Waals surface area contributed by atoms with Crippen molar-refractivity contribution < 1.29 is 9.48 Å². The van der Waals surface area contributed by atoms with Crippen LogP contribution in [0.4, 0.5) is 5.69 Å². The lowest BCUT2D eigenvalue weighted by molar-refractivity contribution is -0.854. The Bertz CT molecular complexity index is 466. The van der Waals surface area contributed by atoms with Crippen molar-refractivity contribution in [3.63, 3.8) is 0 Å². The Morgan fingerprint density at radius 2 is 1.80 bits per heavy atom. The minimum absolute atomic E-state index is 0.920. The highest BCUT2D eigenvalue weighted by molar-refractivity contribution is 6.07. The molecule has 0 bridgehead atoms. The molecule has 0 aliphatic carbocycles. The van der Waals surface area contributed by atoms with E-state index in [9.17, 15) is 0 Å². The number of allylic oxidation sites excluding steroid dienone is 1. The fraction of sp³-hybridized carbons (Fsp3) is 0.438. The highest BCUT2D eigenvalue weighted by Crippen LogP contribution is 2.16. The zero-order chi connectivity index (χ0) is 15.1. The van der Waals surface area contributed by atoms with E-state index >= 15 is 0 Å². The topological polar surface area (TPSA) is 22.7 Å². The van der Waals surface area contributed by atoms with E-state index in [1.54, 1.807) is 0 Å². The molecular formula is C16H28N4+2. The highest BCUT2D eigenvalue weighted by atomic mass is 15.2. The van der Waals surface area contributed by atoms with Crippen LogP contribution in [0.15, 0.2) is 30.5 Å². The van der Waals surface area contributed by atoms with Crippen molar-refractivity contribution in [2.45, 2.75) is 0 Å². The fourth-order valence-electron chi connectivity index (χ4n) is 1.80. The van der Waals surface area contributed by atoms with Crippen LogP contribution >= 0.6 is 0 Å². The van der Waals surface area contributed by atoms with Crippen LogP contribution in [0, 0.1) is 0 Å². The number of nitrogens with one attached hydrogen (secondary N) is 2. The fourth-order valence-corrected chi connectivity index (χ4v) is 1.80. The SMILES string of the molecule is CN(C)C=C(C=[N+](C)C)c1ccc(NC[NH+](C)C)cc1. The number of anilines is 1. The van der Waals surface area contributed by atoms with Crippen LogP contribution in [0.1, 0.15) is 5.56 Å². The second-order valence-electron chi connectivity index (χ2n) is 5.78. The summed E-state index contributed by atoms with van der Waals surface area (Å²) in [6.07, 6.45) is 4.26. The average Bonchev–Trinajstić information content (AvgIpc) is 2.35. The molecule has 110 valence electrons. The predicted octanol–water partition coefficient (Wildman–Crippen LogP) is 0.446. The zero-order valence-electron chi connectivity index (χ0n) is 13.6. The number of hydrogen-bond donors (Lipinski definition) is 2. The van der Waals surface area contributed by atoms with Crippen LogP contribution in [0.3, 0.4) is 0 Å². The number of quaternary nitrogens is 1. The summed E-state index contributed by atoms with van der Waals surface area (Å²) in [7, 11) is 12.4. The second kappa shape index (κ2) is 7.70. The minimum atomic E-state index is 0.920. The largest absolute Gasteiger partial charge is 0.383 e. The van der Waals surface area contributed by atoms with Gasteiger partial charge in [0.15, 0.2) is 6.21 Å². The number of rotatable bonds is 6. The highest BCUT2D eigenvalue weighted by Gasteiger charge is 2.04. The summed E-state index contributed by atoms with van der Waals surface area (Å²) >= 11 is 0. The molecule has 0 aliphatic rings. The molecule has 4 nitrogen and oxygen atoms in total. The lowest BCUT2D eigenvalue weighted by atomic mass is 10.1. The molecule has 2 N–H and O–H groups in total. The molecule has 1 rings (SSSR count). The van der Waals surface area contributed by atoms with E-state index in [4.69, 9.17) is 0 Å². The standard InChI is InChI=1S/C16H27N4/c1-18(2)11-15(12-19(3)4)14-7-9-16(10-8-14)17-13-20(5)6/h7-12,17H,13H2,1-6H3/q+1/p+1. The molecule has 1 aromatic rings. The van der Waals surface area contributed by atoms with Gasteiger partial charge in [0.05, 0.1) is 19.7 Å². The number of benzene rings is 1. The van der Waals surface area contributed by atoms with Crippen LogP contribution < -0.4 is 10.2 Å². The van der Waals surface area contributed by atoms with Gasteiger partial charge in [-0.05, 0) is 17.7 Å². The number of nitrogens with zero attached hydrogens (tertiary/aromatic N) is 2. The Hall–Kier alpha value is -1.81. The van der Waals surface area contributed by atoms with Gasteiger partial charge in [-0.15, -0.1) is 0 Å². The van der Waals surface area contributed by atoms with E-state index in [0.29, 0.717) is 0 Å². The van der Waals surface area contributed by atoms with Gasteiger partial charge in [0.25, 0.3) is 0 Å². The molecule has 1 aromatic carbocycles. The first-order valence-corrected chi connectivity index (χ1v) is 6.91. The molecule has 0 unspecified atom stereocenters. The molecular weight excluding hydrogens is 248 g/mol. The molecule has 0 radical (unpaired) electrons. The van der Waals surface area contributed by atoms with Crippen molar-refractivity contribution in [2.24, 2.45) is 0 Å². The monoisotopic (exact) mass is 276 g/mol. The molecule has 0 aliphatic heterocycles. The molecule has 0 atom stereocenters. The van der Waals surface area contributed by atoms with E-state index in [1.165, 1.54) is 16.0 Å². The zero-order valence-corrected chi connectivity index (χ0v) is 13.6. The Labute approximate surface area is 123 Å². The molecule has 0 amide bonds. The summed E-state index contributed by atoms with van der Waals surface area (Å²) in [5.41, 5.74) is 3.57. The van der Waals surface area contributed by atoms with Gasteiger partial charge in [-0.2, -0.15) is 0 Å². The van der Waals surface area contributed by atoms with Gasteiger partial charge >= 0.3 is 0 Å². The van der Waals surface area contributed by atoms with E-state index < -0.39 is 0 Å². The molecule has 0 aromatic heterocycles. The van der Waals surface area contributed by atoms with Gasteiger partial charge in [0.2, 0.25) is 0 Å². The van der Waals surface area contributed by atoms with Crippen molar-refractivity contribution in [3.05, 3.63) is 36.0 Å². The minimum Gasteiger partial charge on any atom is -0.383 e. The van der Waals surface area contributed by atoms with E-state index in [2.05, 4.69) is 65.6 Å². The van der Waals surface area contributed by atoms with Crippen molar-refractivity contribution >= 4 is 17.5 Å². The summed E-state index contributed by atoms with van der Waals surface area (Å²) in [6, 6.07) is 8.57. The first-order valence-electron chi connectivity index (χ1n) is 6.91. The van der Waals surface area contributed by atoms with Crippen molar-refractivity contribution in [2.75, 3.05) is 54.3 Å². The first kappa shape index (κ1) is 16.2. The van der Waals surface area contributed by atoms with E-state index in [0.717, 1.165) is 12.4 Å².